The Morgan fingerprint density at radius 2 is 1.10 bits per heavy atom. The summed E-state index contributed by atoms with van der Waals surface area (Å²) in [5.74, 6) is 0. The monoisotopic (exact) mass is 926 g/mol. The number of nitrogens with one attached hydrogen (secondary N) is 1. The molecule has 0 spiro atoms. The summed E-state index contributed by atoms with van der Waals surface area (Å²) in [5, 5.41) is 4.95. The summed E-state index contributed by atoms with van der Waals surface area (Å²) in [4.78, 5) is 2.17. The zero-order valence-corrected chi connectivity index (χ0v) is 35.6. The van der Waals surface area contributed by atoms with E-state index in [1.54, 1.807) is 0 Å². The fourth-order valence-electron chi connectivity index (χ4n) is 3.18. The number of benzene rings is 3. The summed E-state index contributed by atoms with van der Waals surface area (Å²) < 4.78 is 7.49. The zero-order chi connectivity index (χ0) is 31.6. The van der Waals surface area contributed by atoms with Crippen LogP contribution < -0.4 is 15.9 Å². The summed E-state index contributed by atoms with van der Waals surface area (Å²) >= 11 is 2.13. The standard InChI is InChI=1S/C12H20N3S.2C8H11P.4ClH.Ga.N.Re/c1-3-15(4-2)12(16)14-11(13)10-8-6-5-7-9-10;2*1-9(2)8-6-4-3-5-7-8;;;;;;;/h5-9,11-14,16H,3-4H2,1-2H3;2*3-7H,1-2H3;4*1H;;;/q-1;;;;;;;+3;;+1/p-2. The van der Waals surface area contributed by atoms with Gasteiger partial charge in [0.05, 0.1) is 37.3 Å². The van der Waals surface area contributed by atoms with E-state index in [1.165, 1.54) is 10.6 Å². The Morgan fingerprint density at radius 1 is 0.805 bits per heavy atom. The molecule has 3 aromatic carbocycles. The molecule has 0 amide bonds. The van der Waals surface area contributed by atoms with Crippen molar-refractivity contribution in [2.24, 2.45) is 0 Å². The van der Waals surface area contributed by atoms with Crippen LogP contribution >= 0.6 is 54.3 Å². The van der Waals surface area contributed by atoms with Crippen LogP contribution in [0.15, 0.2) is 91.0 Å². The Bertz CT molecular complexity index is 978. The Labute approximate surface area is 286 Å². The molecule has 13 heteroatoms. The van der Waals surface area contributed by atoms with Gasteiger partial charge >= 0.3 is 72.1 Å². The van der Waals surface area contributed by atoms with Gasteiger partial charge in [-0.05, 0) is 42.9 Å². The molecular formula is C28H44Cl4GaN4P2ReS+. The predicted octanol–water partition coefficient (Wildman–Crippen LogP) is 7.43. The molecule has 2 unspecified atom stereocenters. The SMILES string of the molecule is CCN(CC)C([S-])[NH2+]C([NH-])c1ccccc1.C[PH+](C)c1ccccc1.C[PH+](C)c1ccccc1.[Cl][Ga]([Cl])[Cl].[N]#[Re][Cl]. The van der Waals surface area contributed by atoms with Gasteiger partial charge in [-0.15, -0.1) is 0 Å². The average Bonchev–Trinajstić information content (AvgIpc) is 2.96. The molecule has 0 saturated heterocycles. The summed E-state index contributed by atoms with van der Waals surface area (Å²) in [5.41, 5.74) is 8.98. The Balaban J connectivity index is 0. The number of halogens is 4. The first kappa shape index (κ1) is 44.0. The molecule has 4 nitrogen and oxygen atoms in total. The van der Waals surface area contributed by atoms with Crippen molar-refractivity contribution in [3.63, 3.8) is 0 Å². The van der Waals surface area contributed by atoms with E-state index in [4.69, 9.17) is 60.6 Å². The molecule has 0 saturated carbocycles. The van der Waals surface area contributed by atoms with Crippen LogP contribution in [0.2, 0.25) is 0 Å². The van der Waals surface area contributed by atoms with Gasteiger partial charge in [-0.3, -0.25) is 4.90 Å². The third-order valence-corrected chi connectivity index (χ3v) is 8.82. The van der Waals surface area contributed by atoms with Crippen molar-refractivity contribution >= 4 is 90.7 Å². The van der Waals surface area contributed by atoms with Crippen LogP contribution in [0, 0.1) is 3.80 Å². The van der Waals surface area contributed by atoms with Gasteiger partial charge < -0.3 is 23.7 Å². The Hall–Kier alpha value is 0.919. The van der Waals surface area contributed by atoms with Crippen LogP contribution in [0.5, 0.6) is 0 Å². The van der Waals surface area contributed by atoms with E-state index in [2.05, 4.69) is 106 Å². The van der Waals surface area contributed by atoms with Crippen LogP contribution in [0.3, 0.4) is 0 Å². The predicted molar refractivity (Wildman–Crippen MR) is 193 cm³/mol. The quantitative estimate of drug-likeness (QED) is 0.111. The third-order valence-electron chi connectivity index (χ3n) is 5.39. The van der Waals surface area contributed by atoms with Crippen molar-refractivity contribution in [3.8, 4) is 0 Å². The van der Waals surface area contributed by atoms with E-state index in [0.717, 1.165) is 18.7 Å². The topological polar surface area (TPSA) is 67.4 Å². The van der Waals surface area contributed by atoms with E-state index >= 15 is 0 Å². The first-order chi connectivity index (χ1) is 19.4. The van der Waals surface area contributed by atoms with E-state index in [-0.39, 0.29) is 27.5 Å². The molecule has 0 aromatic heterocycles. The van der Waals surface area contributed by atoms with Gasteiger partial charge in [-0.25, -0.2) is 0 Å². The van der Waals surface area contributed by atoms with Gasteiger partial charge in [0.2, 0.25) is 0 Å². The van der Waals surface area contributed by atoms with E-state index in [9.17, 15) is 0 Å². The third kappa shape index (κ3) is 25.9. The molecule has 3 N–H and O–H groups in total. The number of quaternary nitrogens is 1. The first-order valence-corrected chi connectivity index (χ1v) is 32.6. The molecule has 3 aromatic rings. The van der Waals surface area contributed by atoms with Gasteiger partial charge in [0.1, 0.15) is 0 Å². The molecule has 2 atom stereocenters. The summed E-state index contributed by atoms with van der Waals surface area (Å²) in [7, 11) is 19.3. The summed E-state index contributed by atoms with van der Waals surface area (Å²) in [6, 6.07) is 31.2. The molecule has 0 bridgehead atoms. The number of nitrogens with two attached hydrogens (primary N) is 1. The van der Waals surface area contributed by atoms with Crippen molar-refractivity contribution in [1.29, 1.82) is 3.80 Å². The van der Waals surface area contributed by atoms with Gasteiger partial charge in [0.15, 0.2) is 0 Å². The maximum absolute atomic E-state index is 8.04. The van der Waals surface area contributed by atoms with Crippen LogP contribution in [0.4, 0.5) is 0 Å². The second kappa shape index (κ2) is 29.6. The molecule has 3 rings (SSSR count). The molecule has 0 fully saturated rings. The van der Waals surface area contributed by atoms with Crippen molar-refractivity contribution < 1.29 is 21.9 Å². The Morgan fingerprint density at radius 3 is 1.34 bits per heavy atom. The zero-order valence-electron chi connectivity index (χ0n) is 24.6. The number of hydrogen-bond donors (Lipinski definition) is 1. The maximum atomic E-state index is 8.04. The van der Waals surface area contributed by atoms with Gasteiger partial charge in [-0.2, -0.15) is 0 Å². The minimum absolute atomic E-state index is 0.0577. The minimum atomic E-state index is -2.06. The second-order valence-corrected chi connectivity index (χ2v) is 27.2. The van der Waals surface area contributed by atoms with Crippen molar-refractivity contribution in [1.82, 2.24) is 4.90 Å². The van der Waals surface area contributed by atoms with Gasteiger partial charge in [-0.1, -0.05) is 80.6 Å². The fraction of sp³-hybridized carbons (Fsp3) is 0.357. The second-order valence-electron chi connectivity index (χ2n) is 8.74. The van der Waals surface area contributed by atoms with Crippen LogP contribution in [0.1, 0.15) is 25.6 Å². The number of hydrogen-bond acceptors (Lipinski definition) is 3. The van der Waals surface area contributed by atoms with Crippen molar-refractivity contribution in [2.45, 2.75) is 25.5 Å². The molecule has 0 aliphatic rings. The van der Waals surface area contributed by atoms with Crippen LogP contribution in [0.25, 0.3) is 5.73 Å². The van der Waals surface area contributed by atoms with E-state index < -0.39 is 29.8 Å². The fourth-order valence-corrected chi connectivity index (χ4v) is 5.36. The Kier molecular flexibility index (Phi) is 31.8. The molecular weight excluding hydrogens is 884 g/mol. The van der Waals surface area contributed by atoms with Gasteiger partial charge in [0, 0.05) is 27.5 Å². The van der Waals surface area contributed by atoms with Crippen LogP contribution in [-0.2, 0) is 29.2 Å². The van der Waals surface area contributed by atoms with E-state index in [0.29, 0.717) is 0 Å². The summed E-state index contributed by atoms with van der Waals surface area (Å²) in [6.07, 6.45) is -0.329. The molecule has 41 heavy (non-hydrogen) atoms. The van der Waals surface area contributed by atoms with Gasteiger partial charge in [0.25, 0.3) is 0 Å². The van der Waals surface area contributed by atoms with Crippen molar-refractivity contribution in [3.05, 3.63) is 102 Å². The molecule has 229 valence electrons. The number of rotatable bonds is 8. The average molecular weight is 928 g/mol. The number of nitrogens with zero attached hydrogens (tertiary/aromatic N) is 2. The van der Waals surface area contributed by atoms with E-state index in [1.807, 2.05) is 35.6 Å². The summed E-state index contributed by atoms with van der Waals surface area (Å²) in [6.45, 7) is 15.3. The van der Waals surface area contributed by atoms with Crippen LogP contribution in [-0.4, -0.2) is 63.4 Å². The normalized spacial score (nSPS) is 11.3. The molecule has 0 radical (unpaired) electrons. The molecule has 0 heterocycles. The first-order valence-electron chi connectivity index (χ1n) is 13.0. The van der Waals surface area contributed by atoms with Crippen molar-refractivity contribution in [2.75, 3.05) is 39.7 Å². The molecule has 0 aliphatic carbocycles. The molecule has 0 aliphatic heterocycles.